The molecule has 1 heterocycles. The number of nitrogens with zero attached hydrogens (tertiary/aromatic N) is 1. The number of carbonyl (C=O) groups is 1. The van der Waals surface area contributed by atoms with Crippen molar-refractivity contribution < 1.29 is 13.2 Å². The smallest absolute Gasteiger partial charge is 0.243 e. The highest BCUT2D eigenvalue weighted by molar-refractivity contribution is 7.89. The van der Waals surface area contributed by atoms with Gasteiger partial charge in [-0.2, -0.15) is 4.31 Å². The molecule has 6 nitrogen and oxygen atoms in total. The van der Waals surface area contributed by atoms with Crippen LogP contribution in [0.3, 0.4) is 0 Å². The maximum Gasteiger partial charge on any atom is 0.243 e. The quantitative estimate of drug-likeness (QED) is 0.733. The Bertz CT molecular complexity index is 907. The molecule has 0 radical (unpaired) electrons. The fourth-order valence-electron chi connectivity index (χ4n) is 2.83. The molecule has 27 heavy (non-hydrogen) atoms. The number of rotatable bonds is 6. The molecular weight excluding hydrogens is 409 g/mol. The summed E-state index contributed by atoms with van der Waals surface area (Å²) >= 11 is 11.8. The summed E-state index contributed by atoms with van der Waals surface area (Å²) in [5.74, 6) is -0.277. The number of carbonyl (C=O) groups excluding carboxylic acids is 1. The van der Waals surface area contributed by atoms with E-state index in [4.69, 9.17) is 23.2 Å². The van der Waals surface area contributed by atoms with Crippen LogP contribution in [0.2, 0.25) is 10.0 Å². The fourth-order valence-corrected chi connectivity index (χ4v) is 4.87. The Hall–Kier alpha value is -1.80. The van der Waals surface area contributed by atoms with Gasteiger partial charge >= 0.3 is 0 Å². The van der Waals surface area contributed by atoms with Crippen molar-refractivity contribution in [1.82, 2.24) is 4.31 Å². The molecule has 0 aliphatic carbocycles. The minimum Gasteiger partial charge on any atom is -0.376 e. The first kappa shape index (κ1) is 19.9. The van der Waals surface area contributed by atoms with E-state index < -0.39 is 10.0 Å². The Balaban J connectivity index is 1.58. The summed E-state index contributed by atoms with van der Waals surface area (Å²) in [6, 6.07) is 11.1. The van der Waals surface area contributed by atoms with Crippen LogP contribution >= 0.6 is 23.2 Å². The first-order chi connectivity index (χ1) is 12.8. The van der Waals surface area contributed by atoms with Gasteiger partial charge in [0.15, 0.2) is 0 Å². The summed E-state index contributed by atoms with van der Waals surface area (Å²) in [7, 11) is -3.46. The molecule has 1 aliphatic rings. The second-order valence-corrected chi connectivity index (χ2v) is 9.01. The largest absolute Gasteiger partial charge is 0.376 e. The number of sulfonamides is 1. The van der Waals surface area contributed by atoms with Crippen molar-refractivity contribution >= 4 is 50.5 Å². The van der Waals surface area contributed by atoms with Gasteiger partial charge in [0.2, 0.25) is 15.9 Å². The summed E-state index contributed by atoms with van der Waals surface area (Å²) < 4.78 is 26.5. The minimum absolute atomic E-state index is 0.0184. The molecule has 1 aliphatic heterocycles. The van der Waals surface area contributed by atoms with Crippen molar-refractivity contribution in [2.45, 2.75) is 17.7 Å². The van der Waals surface area contributed by atoms with E-state index in [1.807, 2.05) is 0 Å². The first-order valence-corrected chi connectivity index (χ1v) is 10.6. The average Bonchev–Trinajstić information content (AvgIpc) is 3.15. The lowest BCUT2D eigenvalue weighted by atomic mass is 10.3. The molecule has 1 amide bonds. The normalized spacial score (nSPS) is 14.9. The number of nitrogens with one attached hydrogen (secondary N) is 2. The number of halogens is 2. The van der Waals surface area contributed by atoms with E-state index in [1.165, 1.54) is 16.4 Å². The summed E-state index contributed by atoms with van der Waals surface area (Å²) in [6.45, 7) is 1.13. The molecule has 0 bridgehead atoms. The number of benzene rings is 2. The maximum absolute atomic E-state index is 12.5. The Morgan fingerprint density at radius 2 is 1.56 bits per heavy atom. The van der Waals surface area contributed by atoms with E-state index in [1.54, 1.807) is 30.3 Å². The fraction of sp³-hybridized carbons (Fsp3) is 0.278. The van der Waals surface area contributed by atoms with Gasteiger partial charge in [-0.1, -0.05) is 23.2 Å². The standard InChI is InChI=1S/C18H19Cl2N3O3S/c19-13-9-14(20)11-16(10-13)21-12-18(24)22-15-3-5-17(6-4-15)27(25,26)23-7-1-2-8-23/h3-6,9-11,21H,1-2,7-8,12H2,(H,22,24). The van der Waals surface area contributed by atoms with Crippen molar-refractivity contribution in [1.29, 1.82) is 0 Å². The lowest BCUT2D eigenvalue weighted by Crippen LogP contribution is -2.27. The third-order valence-corrected chi connectivity index (χ3v) is 6.51. The molecule has 9 heteroatoms. The van der Waals surface area contributed by atoms with Crippen molar-refractivity contribution in [2.75, 3.05) is 30.3 Å². The van der Waals surface area contributed by atoms with E-state index >= 15 is 0 Å². The average molecular weight is 428 g/mol. The summed E-state index contributed by atoms with van der Waals surface area (Å²) in [5.41, 5.74) is 1.15. The number of amides is 1. The lowest BCUT2D eigenvalue weighted by Gasteiger charge is -2.15. The van der Waals surface area contributed by atoms with E-state index in [-0.39, 0.29) is 17.3 Å². The van der Waals surface area contributed by atoms with Crippen LogP contribution in [-0.4, -0.2) is 38.3 Å². The topological polar surface area (TPSA) is 78.5 Å². The van der Waals surface area contributed by atoms with Crippen LogP contribution in [0, 0.1) is 0 Å². The molecule has 1 fully saturated rings. The van der Waals surface area contributed by atoms with Crippen LogP contribution in [-0.2, 0) is 14.8 Å². The van der Waals surface area contributed by atoms with Crippen LogP contribution in [0.5, 0.6) is 0 Å². The predicted octanol–water partition coefficient (Wildman–Crippen LogP) is 3.83. The van der Waals surface area contributed by atoms with Gasteiger partial charge in [0.1, 0.15) is 0 Å². The third kappa shape index (κ3) is 5.13. The molecule has 0 aromatic heterocycles. The van der Waals surface area contributed by atoms with Gasteiger partial charge < -0.3 is 10.6 Å². The molecule has 2 aromatic rings. The molecule has 0 spiro atoms. The van der Waals surface area contributed by atoms with Crippen molar-refractivity contribution in [2.24, 2.45) is 0 Å². The van der Waals surface area contributed by atoms with E-state index in [0.29, 0.717) is 34.5 Å². The SMILES string of the molecule is O=C(CNc1cc(Cl)cc(Cl)c1)Nc1ccc(S(=O)(=O)N2CCCC2)cc1. The van der Waals surface area contributed by atoms with Gasteiger partial charge in [0.25, 0.3) is 0 Å². The Kier molecular flexibility index (Phi) is 6.26. The molecule has 2 N–H and O–H groups in total. The third-order valence-electron chi connectivity index (χ3n) is 4.16. The first-order valence-electron chi connectivity index (χ1n) is 8.45. The zero-order valence-corrected chi connectivity index (χ0v) is 16.7. The second-order valence-electron chi connectivity index (χ2n) is 6.20. The molecule has 3 rings (SSSR count). The van der Waals surface area contributed by atoms with Crippen molar-refractivity contribution in [3.05, 3.63) is 52.5 Å². The minimum atomic E-state index is -3.46. The van der Waals surface area contributed by atoms with E-state index in [2.05, 4.69) is 10.6 Å². The molecule has 144 valence electrons. The van der Waals surface area contributed by atoms with Gasteiger partial charge in [-0.3, -0.25) is 4.79 Å². The van der Waals surface area contributed by atoms with Crippen molar-refractivity contribution in [3.8, 4) is 0 Å². The van der Waals surface area contributed by atoms with Gasteiger partial charge in [-0.05, 0) is 55.3 Å². The molecule has 2 aromatic carbocycles. The number of anilines is 2. The summed E-state index contributed by atoms with van der Waals surface area (Å²) in [4.78, 5) is 12.3. The molecule has 0 saturated carbocycles. The van der Waals surface area contributed by atoms with Gasteiger partial charge in [0.05, 0.1) is 11.4 Å². The summed E-state index contributed by atoms with van der Waals surface area (Å²) in [6.07, 6.45) is 1.77. The van der Waals surface area contributed by atoms with Crippen LogP contribution in [0.4, 0.5) is 11.4 Å². The Labute approximate surface area is 168 Å². The predicted molar refractivity (Wildman–Crippen MR) is 108 cm³/mol. The number of hydrogen-bond acceptors (Lipinski definition) is 4. The Morgan fingerprint density at radius 1 is 0.963 bits per heavy atom. The Morgan fingerprint density at radius 3 is 2.15 bits per heavy atom. The second kappa shape index (κ2) is 8.48. The van der Waals surface area contributed by atoms with E-state index in [9.17, 15) is 13.2 Å². The zero-order chi connectivity index (χ0) is 19.4. The highest BCUT2D eigenvalue weighted by Crippen LogP contribution is 2.23. The summed E-state index contributed by atoms with van der Waals surface area (Å²) in [5, 5.41) is 6.59. The molecule has 1 saturated heterocycles. The molecular formula is C18H19Cl2N3O3S. The zero-order valence-electron chi connectivity index (χ0n) is 14.4. The van der Waals surface area contributed by atoms with Crippen LogP contribution in [0.1, 0.15) is 12.8 Å². The monoisotopic (exact) mass is 427 g/mol. The van der Waals surface area contributed by atoms with Crippen LogP contribution < -0.4 is 10.6 Å². The van der Waals surface area contributed by atoms with Crippen LogP contribution in [0.15, 0.2) is 47.4 Å². The van der Waals surface area contributed by atoms with Gasteiger partial charge in [0, 0.05) is 34.5 Å². The lowest BCUT2D eigenvalue weighted by molar-refractivity contribution is -0.114. The van der Waals surface area contributed by atoms with Crippen LogP contribution in [0.25, 0.3) is 0 Å². The number of hydrogen-bond donors (Lipinski definition) is 2. The molecule has 0 unspecified atom stereocenters. The maximum atomic E-state index is 12.5. The van der Waals surface area contributed by atoms with Gasteiger partial charge in [-0.15, -0.1) is 0 Å². The van der Waals surface area contributed by atoms with Gasteiger partial charge in [-0.25, -0.2) is 8.42 Å². The van der Waals surface area contributed by atoms with Crippen molar-refractivity contribution in [3.63, 3.8) is 0 Å². The highest BCUT2D eigenvalue weighted by Gasteiger charge is 2.26. The molecule has 0 atom stereocenters. The van der Waals surface area contributed by atoms with E-state index in [0.717, 1.165) is 12.8 Å². The highest BCUT2D eigenvalue weighted by atomic mass is 35.5.